The van der Waals surface area contributed by atoms with Gasteiger partial charge in [-0.3, -0.25) is 4.79 Å². The quantitative estimate of drug-likeness (QED) is 0.754. The minimum Gasteiger partial charge on any atom is -0.377 e. The van der Waals surface area contributed by atoms with Crippen LogP contribution in [-0.4, -0.2) is 37.9 Å². The average Bonchev–Trinajstić information content (AvgIpc) is 2.63. The normalized spacial score (nSPS) is 19.0. The molecule has 2 atom stereocenters. The summed E-state index contributed by atoms with van der Waals surface area (Å²) in [6.45, 7) is 6.75. The van der Waals surface area contributed by atoms with Crippen LogP contribution in [0.5, 0.6) is 0 Å². The first-order valence-electron chi connectivity index (χ1n) is 8.86. The molecule has 0 aliphatic carbocycles. The van der Waals surface area contributed by atoms with E-state index in [0.29, 0.717) is 26.4 Å². The van der Waals surface area contributed by atoms with Gasteiger partial charge in [0.25, 0.3) is 0 Å². The summed E-state index contributed by atoms with van der Waals surface area (Å²) in [4.78, 5) is 12.2. The van der Waals surface area contributed by atoms with Gasteiger partial charge in [-0.05, 0) is 44.2 Å². The highest BCUT2D eigenvalue weighted by Crippen LogP contribution is 2.14. The smallest absolute Gasteiger partial charge is 0.249 e. The number of ether oxygens (including phenoxy) is 3. The Labute approximate surface area is 144 Å². The van der Waals surface area contributed by atoms with Crippen LogP contribution in [0.15, 0.2) is 24.3 Å². The molecule has 24 heavy (non-hydrogen) atoms. The second kappa shape index (κ2) is 10.4. The SMILES string of the molecule is CCOCc1ccccc1CNC(=O)[C@@H](C)OC[C@H]1CCCCO1. The van der Waals surface area contributed by atoms with E-state index in [1.165, 1.54) is 6.42 Å². The molecule has 1 aliphatic heterocycles. The minimum atomic E-state index is -0.477. The van der Waals surface area contributed by atoms with Crippen molar-refractivity contribution in [1.29, 1.82) is 0 Å². The minimum absolute atomic E-state index is 0.1000. The number of rotatable bonds is 9. The summed E-state index contributed by atoms with van der Waals surface area (Å²) in [5.41, 5.74) is 2.17. The van der Waals surface area contributed by atoms with Crippen molar-refractivity contribution in [3.8, 4) is 0 Å². The van der Waals surface area contributed by atoms with Crippen molar-refractivity contribution in [1.82, 2.24) is 5.32 Å². The number of hydrogen-bond donors (Lipinski definition) is 1. The molecule has 1 amide bonds. The van der Waals surface area contributed by atoms with Gasteiger partial charge in [0.05, 0.1) is 19.3 Å². The van der Waals surface area contributed by atoms with Crippen LogP contribution in [0.25, 0.3) is 0 Å². The molecular formula is C19H29NO4. The molecule has 1 saturated heterocycles. The lowest BCUT2D eigenvalue weighted by Gasteiger charge is -2.24. The summed E-state index contributed by atoms with van der Waals surface area (Å²) in [6.07, 6.45) is 2.95. The van der Waals surface area contributed by atoms with Crippen LogP contribution in [0.4, 0.5) is 0 Å². The molecule has 1 fully saturated rings. The van der Waals surface area contributed by atoms with Crippen molar-refractivity contribution in [3.63, 3.8) is 0 Å². The van der Waals surface area contributed by atoms with Crippen molar-refractivity contribution >= 4 is 5.91 Å². The van der Waals surface area contributed by atoms with Crippen LogP contribution in [-0.2, 0) is 32.2 Å². The molecule has 5 nitrogen and oxygen atoms in total. The fraction of sp³-hybridized carbons (Fsp3) is 0.632. The first-order chi connectivity index (χ1) is 11.7. The third kappa shape index (κ3) is 6.23. The Balaban J connectivity index is 1.75. The number of hydrogen-bond acceptors (Lipinski definition) is 4. The molecule has 134 valence electrons. The van der Waals surface area contributed by atoms with Gasteiger partial charge >= 0.3 is 0 Å². The molecule has 1 heterocycles. The first kappa shape index (κ1) is 18.9. The highest BCUT2D eigenvalue weighted by Gasteiger charge is 2.18. The monoisotopic (exact) mass is 335 g/mol. The molecule has 0 bridgehead atoms. The van der Waals surface area contributed by atoms with Gasteiger partial charge in [0.1, 0.15) is 6.10 Å². The molecule has 1 aromatic rings. The Kier molecular flexibility index (Phi) is 8.22. The van der Waals surface area contributed by atoms with Crippen LogP contribution >= 0.6 is 0 Å². The Morgan fingerprint density at radius 3 is 2.83 bits per heavy atom. The zero-order valence-corrected chi connectivity index (χ0v) is 14.8. The highest BCUT2D eigenvalue weighted by molar-refractivity contribution is 5.80. The molecule has 2 rings (SSSR count). The van der Waals surface area contributed by atoms with E-state index in [2.05, 4.69) is 5.32 Å². The van der Waals surface area contributed by atoms with E-state index in [-0.39, 0.29) is 12.0 Å². The summed E-state index contributed by atoms with van der Waals surface area (Å²) < 4.78 is 16.8. The van der Waals surface area contributed by atoms with Crippen LogP contribution in [0.1, 0.15) is 44.2 Å². The predicted octanol–water partition coefficient (Wildman–Crippen LogP) is 2.81. The van der Waals surface area contributed by atoms with Crippen LogP contribution in [0.2, 0.25) is 0 Å². The Hall–Kier alpha value is -1.43. The van der Waals surface area contributed by atoms with Crippen LogP contribution in [0, 0.1) is 0 Å². The lowest BCUT2D eigenvalue weighted by atomic mass is 10.1. The predicted molar refractivity (Wildman–Crippen MR) is 92.6 cm³/mol. The molecule has 0 radical (unpaired) electrons. The molecule has 0 unspecified atom stereocenters. The van der Waals surface area contributed by atoms with Crippen LogP contribution in [0.3, 0.4) is 0 Å². The number of nitrogens with one attached hydrogen (secondary N) is 1. The maximum Gasteiger partial charge on any atom is 0.249 e. The standard InChI is InChI=1S/C19H29NO4/c1-3-22-13-17-9-5-4-8-16(17)12-20-19(21)15(2)24-14-18-10-6-7-11-23-18/h4-5,8-9,15,18H,3,6-7,10-14H2,1-2H3,(H,20,21)/t15-,18-/m1/s1. The van der Waals surface area contributed by atoms with E-state index < -0.39 is 6.10 Å². The molecule has 5 heteroatoms. The summed E-state index contributed by atoms with van der Waals surface area (Å²) in [7, 11) is 0. The second-order valence-electron chi connectivity index (χ2n) is 6.09. The third-order valence-electron chi connectivity index (χ3n) is 4.21. The van der Waals surface area contributed by atoms with Crippen molar-refractivity contribution in [2.75, 3.05) is 19.8 Å². The van der Waals surface area contributed by atoms with E-state index in [4.69, 9.17) is 14.2 Å². The van der Waals surface area contributed by atoms with E-state index in [1.807, 2.05) is 31.2 Å². The van der Waals surface area contributed by atoms with Crippen molar-refractivity contribution in [2.24, 2.45) is 0 Å². The van der Waals surface area contributed by atoms with E-state index >= 15 is 0 Å². The molecule has 0 spiro atoms. The summed E-state index contributed by atoms with van der Waals surface area (Å²) in [5.74, 6) is -0.1000. The van der Waals surface area contributed by atoms with Crippen molar-refractivity contribution in [3.05, 3.63) is 35.4 Å². The van der Waals surface area contributed by atoms with E-state index in [1.54, 1.807) is 6.92 Å². The van der Waals surface area contributed by atoms with Gasteiger partial charge in [-0.2, -0.15) is 0 Å². The third-order valence-corrected chi connectivity index (χ3v) is 4.21. The first-order valence-corrected chi connectivity index (χ1v) is 8.86. The molecule has 1 aliphatic rings. The number of carbonyl (C=O) groups is 1. The van der Waals surface area contributed by atoms with Crippen molar-refractivity contribution in [2.45, 2.75) is 58.5 Å². The Morgan fingerprint density at radius 1 is 1.33 bits per heavy atom. The molecule has 1 aromatic carbocycles. The van der Waals surface area contributed by atoms with Gasteiger partial charge in [0, 0.05) is 19.8 Å². The van der Waals surface area contributed by atoms with Gasteiger partial charge in [0.15, 0.2) is 0 Å². The summed E-state index contributed by atoms with van der Waals surface area (Å²) in [5, 5.41) is 2.94. The van der Waals surface area contributed by atoms with E-state index in [0.717, 1.165) is 30.6 Å². The molecule has 1 N–H and O–H groups in total. The largest absolute Gasteiger partial charge is 0.377 e. The lowest BCUT2D eigenvalue weighted by Crippen LogP contribution is -2.36. The van der Waals surface area contributed by atoms with Gasteiger partial charge in [-0.1, -0.05) is 24.3 Å². The molecular weight excluding hydrogens is 306 g/mol. The lowest BCUT2D eigenvalue weighted by molar-refractivity contribution is -0.135. The zero-order chi connectivity index (χ0) is 17.2. The van der Waals surface area contributed by atoms with Crippen LogP contribution < -0.4 is 5.32 Å². The molecule has 0 aromatic heterocycles. The van der Waals surface area contributed by atoms with Crippen molar-refractivity contribution < 1.29 is 19.0 Å². The Morgan fingerprint density at radius 2 is 2.12 bits per heavy atom. The number of amides is 1. The summed E-state index contributed by atoms with van der Waals surface area (Å²) in [6, 6.07) is 7.99. The maximum atomic E-state index is 12.2. The zero-order valence-electron chi connectivity index (χ0n) is 14.8. The molecule has 0 saturated carbocycles. The van der Waals surface area contributed by atoms with Gasteiger partial charge in [-0.25, -0.2) is 0 Å². The second-order valence-corrected chi connectivity index (χ2v) is 6.09. The highest BCUT2D eigenvalue weighted by atomic mass is 16.5. The summed E-state index contributed by atoms with van der Waals surface area (Å²) >= 11 is 0. The fourth-order valence-corrected chi connectivity index (χ4v) is 2.68. The van der Waals surface area contributed by atoms with Gasteiger partial charge < -0.3 is 19.5 Å². The van der Waals surface area contributed by atoms with Gasteiger partial charge in [0.2, 0.25) is 5.91 Å². The van der Waals surface area contributed by atoms with Gasteiger partial charge in [-0.15, -0.1) is 0 Å². The fourth-order valence-electron chi connectivity index (χ4n) is 2.68. The average molecular weight is 335 g/mol. The van der Waals surface area contributed by atoms with E-state index in [9.17, 15) is 4.79 Å². The topological polar surface area (TPSA) is 56.8 Å². The Bertz CT molecular complexity index is 500. The maximum absolute atomic E-state index is 12.2. The number of carbonyl (C=O) groups excluding carboxylic acids is 1. The number of benzene rings is 1.